The van der Waals surface area contributed by atoms with Gasteiger partial charge in [-0.2, -0.15) is 17.8 Å². The average Bonchev–Trinajstić information content (AvgIpc) is 3.53. The van der Waals surface area contributed by atoms with Gasteiger partial charge in [0.2, 0.25) is 0 Å². The fourth-order valence-corrected chi connectivity index (χ4v) is 5.58. The molecule has 5 rings (SSSR count). The van der Waals surface area contributed by atoms with E-state index >= 15 is 0 Å². The predicted octanol–water partition coefficient (Wildman–Crippen LogP) is 1.96. The van der Waals surface area contributed by atoms with E-state index in [9.17, 15) is 22.0 Å². The molecular weight excluding hydrogens is 466 g/mol. The number of halogens is 2. The minimum atomic E-state index is -3.80. The van der Waals surface area contributed by atoms with Gasteiger partial charge >= 0.3 is 0 Å². The second-order valence-corrected chi connectivity index (χ2v) is 10.2. The molecule has 2 aromatic heterocycles. The molecule has 180 valence electrons. The summed E-state index contributed by atoms with van der Waals surface area (Å²) in [5.74, 6) is -1.31. The van der Waals surface area contributed by atoms with Crippen molar-refractivity contribution in [2.75, 3.05) is 24.5 Å². The molecule has 1 amide bonds. The Morgan fingerprint density at radius 3 is 2.74 bits per heavy atom. The summed E-state index contributed by atoms with van der Waals surface area (Å²) >= 11 is 0. The SMILES string of the molecule is NS(=O)(=O)N1CC[C@H](NC(=O)c2cnn3ccc(N4CCC[C@@H]4c4cc(F)ccc4F)cc23)C1. The van der Waals surface area contributed by atoms with Crippen LogP contribution in [0.4, 0.5) is 14.5 Å². The molecule has 2 atom stereocenters. The van der Waals surface area contributed by atoms with Crippen LogP contribution >= 0.6 is 0 Å². The first-order chi connectivity index (χ1) is 16.2. The van der Waals surface area contributed by atoms with E-state index in [0.717, 1.165) is 28.5 Å². The van der Waals surface area contributed by atoms with Gasteiger partial charge in [0, 0.05) is 43.1 Å². The van der Waals surface area contributed by atoms with Gasteiger partial charge in [-0.25, -0.2) is 18.4 Å². The second-order valence-electron chi connectivity index (χ2n) is 8.65. The van der Waals surface area contributed by atoms with Gasteiger partial charge in [0.05, 0.1) is 23.3 Å². The van der Waals surface area contributed by atoms with Crippen LogP contribution in [0.1, 0.15) is 41.2 Å². The third-order valence-electron chi connectivity index (χ3n) is 6.50. The van der Waals surface area contributed by atoms with Crippen molar-refractivity contribution in [2.45, 2.75) is 31.3 Å². The van der Waals surface area contributed by atoms with Crippen molar-refractivity contribution >= 4 is 27.3 Å². The fourth-order valence-electron chi connectivity index (χ4n) is 4.83. The second kappa shape index (κ2) is 8.60. The van der Waals surface area contributed by atoms with Gasteiger partial charge in [-0.1, -0.05) is 0 Å². The number of benzene rings is 1. The molecule has 2 aliphatic heterocycles. The maximum absolute atomic E-state index is 14.5. The summed E-state index contributed by atoms with van der Waals surface area (Å²) in [6.45, 7) is 1.03. The number of nitrogens with one attached hydrogen (secondary N) is 1. The van der Waals surface area contributed by atoms with Crippen molar-refractivity contribution < 1.29 is 22.0 Å². The molecule has 3 N–H and O–H groups in total. The number of nitrogens with zero attached hydrogens (tertiary/aromatic N) is 4. The van der Waals surface area contributed by atoms with Crippen LogP contribution in [-0.2, 0) is 10.2 Å². The van der Waals surface area contributed by atoms with Crippen LogP contribution in [0.25, 0.3) is 5.52 Å². The van der Waals surface area contributed by atoms with Crippen LogP contribution in [0.3, 0.4) is 0 Å². The Labute approximate surface area is 195 Å². The molecule has 3 aromatic rings. The van der Waals surface area contributed by atoms with Gasteiger partial charge in [0.15, 0.2) is 0 Å². The van der Waals surface area contributed by atoms with Crippen molar-refractivity contribution in [3.8, 4) is 0 Å². The first kappa shape index (κ1) is 22.7. The minimum absolute atomic E-state index is 0.115. The van der Waals surface area contributed by atoms with E-state index < -0.39 is 21.8 Å². The van der Waals surface area contributed by atoms with E-state index in [1.807, 2.05) is 17.0 Å². The maximum Gasteiger partial charge on any atom is 0.276 e. The van der Waals surface area contributed by atoms with Crippen LogP contribution < -0.4 is 15.4 Å². The molecule has 0 spiro atoms. The Bertz CT molecular complexity index is 1360. The summed E-state index contributed by atoms with van der Waals surface area (Å²) < 4.78 is 54.0. The molecule has 0 saturated carbocycles. The van der Waals surface area contributed by atoms with Crippen molar-refractivity contribution in [1.82, 2.24) is 19.2 Å². The van der Waals surface area contributed by atoms with E-state index in [-0.39, 0.29) is 31.1 Å². The molecule has 0 radical (unpaired) electrons. The molecule has 2 aliphatic rings. The van der Waals surface area contributed by atoms with E-state index in [2.05, 4.69) is 10.4 Å². The first-order valence-electron chi connectivity index (χ1n) is 11.0. The lowest BCUT2D eigenvalue weighted by atomic mass is 10.0. The van der Waals surface area contributed by atoms with Gasteiger partial charge in [0.25, 0.3) is 16.1 Å². The van der Waals surface area contributed by atoms with E-state index in [1.54, 1.807) is 10.7 Å². The standard InChI is InChI=1S/C22H24F2N6O3S/c23-14-3-4-19(24)17(10-14)20-2-1-7-29(20)16-6-9-30-21(11-16)18(12-26-30)22(31)27-15-5-8-28(13-15)34(25,32)33/h3-4,6,9-12,15,20H,1-2,5,7-8,13H2,(H,27,31)(H2,25,32,33)/t15-,20+/m0/s1. The predicted molar refractivity (Wildman–Crippen MR) is 121 cm³/mol. The summed E-state index contributed by atoms with van der Waals surface area (Å²) in [5.41, 5.74) is 1.98. The monoisotopic (exact) mass is 490 g/mol. The van der Waals surface area contributed by atoms with Crippen LogP contribution in [0, 0.1) is 11.6 Å². The Kier molecular flexibility index (Phi) is 5.74. The van der Waals surface area contributed by atoms with Gasteiger partial charge in [-0.05, 0) is 49.6 Å². The smallest absolute Gasteiger partial charge is 0.276 e. The van der Waals surface area contributed by atoms with E-state index in [0.29, 0.717) is 36.0 Å². The quantitative estimate of drug-likeness (QED) is 0.568. The normalized spacial score (nSPS) is 21.4. The van der Waals surface area contributed by atoms with Crippen molar-refractivity contribution in [3.05, 3.63) is 65.5 Å². The van der Waals surface area contributed by atoms with E-state index in [1.165, 1.54) is 12.3 Å². The highest BCUT2D eigenvalue weighted by molar-refractivity contribution is 7.86. The number of aromatic nitrogens is 2. The average molecular weight is 491 g/mol. The van der Waals surface area contributed by atoms with Crippen molar-refractivity contribution in [1.29, 1.82) is 0 Å². The number of fused-ring (bicyclic) bond motifs is 1. The number of carbonyl (C=O) groups is 1. The number of carbonyl (C=O) groups excluding carboxylic acids is 1. The molecule has 1 aromatic carbocycles. The van der Waals surface area contributed by atoms with Gasteiger partial charge in [-0.15, -0.1) is 0 Å². The van der Waals surface area contributed by atoms with Crippen LogP contribution in [0.15, 0.2) is 42.7 Å². The summed E-state index contributed by atoms with van der Waals surface area (Å²) in [4.78, 5) is 15.0. The molecule has 4 heterocycles. The Hall–Kier alpha value is -3.09. The molecule has 12 heteroatoms. The highest BCUT2D eigenvalue weighted by Gasteiger charge is 2.32. The third kappa shape index (κ3) is 4.24. The zero-order valence-electron chi connectivity index (χ0n) is 18.2. The Morgan fingerprint density at radius 1 is 1.15 bits per heavy atom. The van der Waals surface area contributed by atoms with E-state index in [4.69, 9.17) is 5.14 Å². The fraction of sp³-hybridized carbons (Fsp3) is 0.364. The molecule has 0 unspecified atom stereocenters. The highest BCUT2D eigenvalue weighted by Crippen LogP contribution is 2.38. The summed E-state index contributed by atoms with van der Waals surface area (Å²) in [7, 11) is -3.80. The molecule has 34 heavy (non-hydrogen) atoms. The molecule has 0 bridgehead atoms. The molecule has 2 saturated heterocycles. The molecule has 9 nitrogen and oxygen atoms in total. The summed E-state index contributed by atoms with van der Waals surface area (Å²) in [6, 6.07) is 6.45. The lowest BCUT2D eigenvalue weighted by Crippen LogP contribution is -2.40. The zero-order valence-corrected chi connectivity index (χ0v) is 19.0. The highest BCUT2D eigenvalue weighted by atomic mass is 32.2. The Balaban J connectivity index is 1.40. The minimum Gasteiger partial charge on any atom is -0.364 e. The van der Waals surface area contributed by atoms with Crippen molar-refractivity contribution in [3.63, 3.8) is 0 Å². The Morgan fingerprint density at radius 2 is 1.97 bits per heavy atom. The number of amides is 1. The lowest BCUT2D eigenvalue weighted by Gasteiger charge is -2.27. The van der Waals surface area contributed by atoms with Gasteiger partial charge in [-0.3, -0.25) is 4.79 Å². The summed E-state index contributed by atoms with van der Waals surface area (Å²) in [6.07, 6.45) is 5.13. The van der Waals surface area contributed by atoms with Crippen LogP contribution in [-0.4, -0.2) is 53.9 Å². The number of rotatable bonds is 5. The van der Waals surface area contributed by atoms with Gasteiger partial charge in [0.1, 0.15) is 11.6 Å². The molecule has 2 fully saturated rings. The molecular formula is C22H24F2N6O3S. The maximum atomic E-state index is 14.5. The molecule has 0 aliphatic carbocycles. The zero-order chi connectivity index (χ0) is 24.0. The topological polar surface area (TPSA) is 113 Å². The van der Waals surface area contributed by atoms with Gasteiger partial charge < -0.3 is 10.2 Å². The lowest BCUT2D eigenvalue weighted by molar-refractivity contribution is 0.0940. The van der Waals surface area contributed by atoms with Crippen LogP contribution in [0.2, 0.25) is 0 Å². The number of nitrogens with two attached hydrogens (primary N) is 1. The number of anilines is 1. The summed E-state index contributed by atoms with van der Waals surface area (Å²) in [5, 5.41) is 12.3. The number of pyridine rings is 1. The third-order valence-corrected chi connectivity index (χ3v) is 7.55. The number of hydrogen-bond donors (Lipinski definition) is 2. The number of hydrogen-bond acceptors (Lipinski definition) is 5. The largest absolute Gasteiger partial charge is 0.364 e. The first-order valence-corrected chi connectivity index (χ1v) is 12.5. The van der Waals surface area contributed by atoms with Crippen LogP contribution in [0.5, 0.6) is 0 Å². The van der Waals surface area contributed by atoms with Crippen molar-refractivity contribution in [2.24, 2.45) is 5.14 Å².